The van der Waals surface area contributed by atoms with Gasteiger partial charge in [-0.25, -0.2) is 18.7 Å². The molecule has 10 nitrogen and oxygen atoms in total. The second-order valence-corrected chi connectivity index (χ2v) is 16.0. The fraction of sp³-hybridized carbons (Fsp3) is 0.286. The standard InChI is InChI=1S/C21H20ClFN4OS.C21H21FN4OS/c1-14-13-26(9-10-27(14)20(28)16-3-2-4-18(23)12-16)21-24-19(25-29-21)11-15-5-7-17(22)8-6-15;1-15-14-25(11-12-26(15)20(27)17-5-3-2-4-6-17)21-23-19(24-28-21)13-16-7-9-18(22)10-8-16/h2-8,12,14H,9-11,13H2,1H3;2-10,15H,11-14H2,1H3. The van der Waals surface area contributed by atoms with Gasteiger partial charge in [0.1, 0.15) is 23.3 Å². The number of carbonyl (C=O) groups excluding carboxylic acids is 2. The van der Waals surface area contributed by atoms with Gasteiger partial charge in [-0.3, -0.25) is 9.59 Å². The van der Waals surface area contributed by atoms with Crippen molar-refractivity contribution in [2.24, 2.45) is 0 Å². The van der Waals surface area contributed by atoms with Gasteiger partial charge in [0.25, 0.3) is 11.8 Å². The highest BCUT2D eigenvalue weighted by atomic mass is 35.5. The molecule has 2 atom stereocenters. The number of piperazine rings is 2. The van der Waals surface area contributed by atoms with Crippen LogP contribution < -0.4 is 9.80 Å². The van der Waals surface area contributed by atoms with Crippen LogP contribution in [0.4, 0.5) is 19.0 Å². The number of aromatic nitrogens is 4. The van der Waals surface area contributed by atoms with Crippen molar-refractivity contribution in [1.82, 2.24) is 28.5 Å². The van der Waals surface area contributed by atoms with Gasteiger partial charge in [-0.2, -0.15) is 8.75 Å². The number of rotatable bonds is 8. The Kier molecular flexibility index (Phi) is 12.8. The number of halogens is 3. The lowest BCUT2D eigenvalue weighted by Crippen LogP contribution is -2.54. The highest BCUT2D eigenvalue weighted by Gasteiger charge is 2.31. The van der Waals surface area contributed by atoms with Crippen molar-refractivity contribution in [1.29, 1.82) is 0 Å². The SMILES string of the molecule is CC1CN(c2nc(Cc3ccc(Cl)cc3)ns2)CCN1C(=O)c1cccc(F)c1.CC1CN(c2nc(Cc3ccc(F)cc3)ns2)CCN1C(=O)c1ccccc1. The van der Waals surface area contributed by atoms with Crippen LogP contribution in [0.3, 0.4) is 0 Å². The maximum Gasteiger partial charge on any atom is 0.254 e. The summed E-state index contributed by atoms with van der Waals surface area (Å²) in [7, 11) is 0. The quantitative estimate of drug-likeness (QED) is 0.153. The average molecular weight is 827 g/mol. The molecule has 15 heteroatoms. The summed E-state index contributed by atoms with van der Waals surface area (Å²) in [6.45, 7) is 8.06. The summed E-state index contributed by atoms with van der Waals surface area (Å²) in [5.74, 6) is 0.802. The second-order valence-electron chi connectivity index (χ2n) is 14.1. The number of nitrogens with zero attached hydrogens (tertiary/aromatic N) is 8. The molecule has 2 saturated heterocycles. The molecule has 2 aliphatic heterocycles. The summed E-state index contributed by atoms with van der Waals surface area (Å²) < 4.78 is 35.4. The number of benzene rings is 4. The summed E-state index contributed by atoms with van der Waals surface area (Å²) in [6, 6.07) is 29.4. The van der Waals surface area contributed by atoms with Crippen LogP contribution >= 0.6 is 34.7 Å². The largest absolute Gasteiger partial charge is 0.343 e. The van der Waals surface area contributed by atoms with E-state index in [1.807, 2.05) is 66.4 Å². The minimum Gasteiger partial charge on any atom is -0.343 e. The van der Waals surface area contributed by atoms with Gasteiger partial charge in [0.2, 0.25) is 10.3 Å². The van der Waals surface area contributed by atoms with Crippen LogP contribution in [0.2, 0.25) is 5.02 Å². The lowest BCUT2D eigenvalue weighted by molar-refractivity contribution is 0.0666. The Morgan fingerprint density at radius 2 is 1.12 bits per heavy atom. The third-order valence-corrected chi connectivity index (χ3v) is 11.8. The average Bonchev–Trinajstić information content (AvgIpc) is 3.90. The summed E-state index contributed by atoms with van der Waals surface area (Å²) in [5.41, 5.74) is 3.20. The van der Waals surface area contributed by atoms with Gasteiger partial charge in [-0.1, -0.05) is 60.1 Å². The zero-order valence-corrected chi connectivity index (χ0v) is 33.9. The second kappa shape index (κ2) is 18.3. The Balaban J connectivity index is 0.000000174. The van der Waals surface area contributed by atoms with Crippen molar-refractivity contribution in [2.45, 2.75) is 38.8 Å². The third-order valence-electron chi connectivity index (χ3n) is 9.88. The van der Waals surface area contributed by atoms with E-state index >= 15 is 0 Å². The maximum absolute atomic E-state index is 13.5. The number of anilines is 2. The molecule has 0 saturated carbocycles. The molecule has 2 unspecified atom stereocenters. The fourth-order valence-corrected chi connectivity index (χ4v) is 8.43. The first kappa shape index (κ1) is 39.9. The van der Waals surface area contributed by atoms with Crippen LogP contribution in [0.1, 0.15) is 57.3 Å². The predicted octanol–water partition coefficient (Wildman–Crippen LogP) is 7.89. The van der Waals surface area contributed by atoms with Crippen LogP contribution in [-0.2, 0) is 12.8 Å². The van der Waals surface area contributed by atoms with Crippen molar-refractivity contribution < 1.29 is 18.4 Å². The van der Waals surface area contributed by atoms with E-state index in [1.165, 1.54) is 47.3 Å². The topological polar surface area (TPSA) is 98.7 Å². The van der Waals surface area contributed by atoms with Gasteiger partial charge in [0.05, 0.1) is 0 Å². The normalized spacial score (nSPS) is 16.9. The van der Waals surface area contributed by atoms with Crippen molar-refractivity contribution in [2.75, 3.05) is 49.1 Å². The molecule has 4 aromatic carbocycles. The molecule has 0 aliphatic carbocycles. The van der Waals surface area contributed by atoms with E-state index in [2.05, 4.69) is 35.4 Å². The Morgan fingerprint density at radius 3 is 1.63 bits per heavy atom. The van der Waals surface area contributed by atoms with Crippen molar-refractivity contribution in [3.05, 3.63) is 154 Å². The molecular weight excluding hydrogens is 786 g/mol. The Bertz CT molecular complexity index is 2280. The predicted molar refractivity (Wildman–Crippen MR) is 222 cm³/mol. The maximum atomic E-state index is 13.5. The van der Waals surface area contributed by atoms with Gasteiger partial charge in [-0.05, 0) is 79.6 Å². The fourth-order valence-electron chi connectivity index (χ4n) is 6.86. The smallest absolute Gasteiger partial charge is 0.254 e. The van der Waals surface area contributed by atoms with Gasteiger partial charge in [0, 0.05) is 103 Å². The first-order valence-corrected chi connectivity index (χ1v) is 20.6. The van der Waals surface area contributed by atoms with E-state index in [0.29, 0.717) is 49.6 Å². The van der Waals surface area contributed by atoms with Crippen LogP contribution in [0, 0.1) is 11.6 Å². The summed E-state index contributed by atoms with van der Waals surface area (Å²) in [6.07, 6.45) is 1.24. The Labute approximate surface area is 343 Å². The molecular formula is C42H41ClF2N8O2S2. The van der Waals surface area contributed by atoms with Crippen LogP contribution in [0.25, 0.3) is 0 Å². The molecule has 2 aliphatic rings. The van der Waals surface area contributed by atoms with E-state index in [9.17, 15) is 18.4 Å². The van der Waals surface area contributed by atoms with Crippen LogP contribution in [0.5, 0.6) is 0 Å². The summed E-state index contributed by atoms with van der Waals surface area (Å²) in [5, 5.41) is 2.44. The molecule has 57 heavy (non-hydrogen) atoms. The van der Waals surface area contributed by atoms with E-state index in [-0.39, 0.29) is 29.7 Å². The minimum absolute atomic E-state index is 0.0110. The van der Waals surface area contributed by atoms with Crippen molar-refractivity contribution in [3.63, 3.8) is 0 Å². The van der Waals surface area contributed by atoms with E-state index in [4.69, 9.17) is 11.6 Å². The van der Waals surface area contributed by atoms with Crippen molar-refractivity contribution >= 4 is 56.7 Å². The van der Waals surface area contributed by atoms with Gasteiger partial charge >= 0.3 is 0 Å². The first-order chi connectivity index (χ1) is 27.6. The Hall–Kier alpha value is -5.31. The first-order valence-electron chi connectivity index (χ1n) is 18.7. The number of hydrogen-bond donors (Lipinski definition) is 0. The van der Waals surface area contributed by atoms with Crippen LogP contribution in [-0.4, -0.2) is 91.7 Å². The molecule has 0 spiro atoms. The molecule has 294 valence electrons. The molecule has 8 rings (SSSR count). The molecule has 2 aromatic heterocycles. The summed E-state index contributed by atoms with van der Waals surface area (Å²) in [4.78, 5) is 42.9. The zero-order valence-electron chi connectivity index (χ0n) is 31.5. The van der Waals surface area contributed by atoms with E-state index in [0.717, 1.165) is 51.7 Å². The lowest BCUT2D eigenvalue weighted by Gasteiger charge is -2.39. The van der Waals surface area contributed by atoms with Gasteiger partial charge in [0.15, 0.2) is 0 Å². The molecule has 2 amide bonds. The van der Waals surface area contributed by atoms with E-state index < -0.39 is 5.82 Å². The van der Waals surface area contributed by atoms with E-state index in [1.54, 1.807) is 29.2 Å². The number of hydrogen-bond acceptors (Lipinski definition) is 10. The highest BCUT2D eigenvalue weighted by molar-refractivity contribution is 7.10. The molecule has 4 heterocycles. The zero-order chi connectivity index (χ0) is 39.9. The molecule has 6 aromatic rings. The molecule has 0 bridgehead atoms. The molecule has 0 N–H and O–H groups in total. The minimum atomic E-state index is -0.399. The van der Waals surface area contributed by atoms with Crippen molar-refractivity contribution in [3.8, 4) is 0 Å². The number of carbonyl (C=O) groups is 2. The summed E-state index contributed by atoms with van der Waals surface area (Å²) >= 11 is 8.68. The number of amides is 2. The van der Waals surface area contributed by atoms with Crippen LogP contribution in [0.15, 0.2) is 103 Å². The molecule has 2 fully saturated rings. The van der Waals surface area contributed by atoms with Gasteiger partial charge < -0.3 is 19.6 Å². The molecule has 0 radical (unpaired) electrons. The van der Waals surface area contributed by atoms with Gasteiger partial charge in [-0.15, -0.1) is 0 Å². The lowest BCUT2D eigenvalue weighted by atomic mass is 10.1. The monoisotopic (exact) mass is 826 g/mol. The third kappa shape index (κ3) is 10.2. The Morgan fingerprint density at radius 1 is 0.632 bits per heavy atom. The highest BCUT2D eigenvalue weighted by Crippen LogP contribution is 2.25.